The summed E-state index contributed by atoms with van der Waals surface area (Å²) in [7, 11) is 4.03. The predicted octanol–water partition coefficient (Wildman–Crippen LogP) is 6.86. The molecule has 6 saturated carbocycles. The fourth-order valence-electron chi connectivity index (χ4n) is 8.28. The average molecular weight is 500 g/mol. The van der Waals surface area contributed by atoms with Gasteiger partial charge in [-0.15, -0.1) is 4.68 Å². The van der Waals surface area contributed by atoms with Gasteiger partial charge in [-0.2, -0.15) is 4.68 Å². The maximum atomic E-state index is 15.5. The van der Waals surface area contributed by atoms with E-state index in [1.807, 2.05) is 31.9 Å². The van der Waals surface area contributed by atoms with Gasteiger partial charge < -0.3 is 0 Å². The van der Waals surface area contributed by atoms with Crippen LogP contribution in [0, 0.1) is 24.6 Å². The first kappa shape index (κ1) is 23.5. The van der Waals surface area contributed by atoms with Crippen LogP contribution in [0.4, 0.5) is 4.39 Å². The molecule has 0 unspecified atom stereocenters. The van der Waals surface area contributed by atoms with E-state index in [2.05, 4.69) is 22.9 Å². The van der Waals surface area contributed by atoms with Crippen LogP contribution in [-0.4, -0.2) is 14.6 Å². The van der Waals surface area contributed by atoms with Gasteiger partial charge in [0.25, 0.3) is 0 Å². The molecule has 6 aliphatic carbocycles. The lowest BCUT2D eigenvalue weighted by atomic mass is 9.57. The third-order valence-electron chi connectivity index (χ3n) is 11.1. The molecule has 0 saturated heterocycles. The first-order valence-electron chi connectivity index (χ1n) is 14.6. The molecule has 6 aliphatic rings. The van der Waals surface area contributed by atoms with Gasteiger partial charge in [-0.05, 0) is 120 Å². The van der Waals surface area contributed by atoms with Crippen molar-refractivity contribution in [3.8, 4) is 22.6 Å². The molecular weight excluding hydrogens is 459 g/mol. The van der Waals surface area contributed by atoms with Crippen molar-refractivity contribution in [1.82, 2.24) is 14.6 Å². The molecule has 1 aromatic carbocycles. The zero-order chi connectivity index (χ0) is 25.4. The van der Waals surface area contributed by atoms with Crippen molar-refractivity contribution in [2.45, 2.75) is 94.8 Å². The van der Waals surface area contributed by atoms with E-state index in [-0.39, 0.29) is 16.6 Å². The quantitative estimate of drug-likeness (QED) is 0.367. The Bertz CT molecular complexity index is 1280. The summed E-state index contributed by atoms with van der Waals surface area (Å²) in [5, 5.41) is 0. The largest absolute Gasteiger partial charge is 0.232 e. The normalized spacial score (nSPS) is 30.7. The Morgan fingerprint density at radius 3 is 1.81 bits per heavy atom. The van der Waals surface area contributed by atoms with Gasteiger partial charge >= 0.3 is 0 Å². The van der Waals surface area contributed by atoms with Gasteiger partial charge in [-0.1, -0.05) is 0 Å². The van der Waals surface area contributed by atoms with Crippen LogP contribution in [0.1, 0.15) is 94.0 Å². The molecule has 2 aromatic heterocycles. The fourth-order valence-corrected chi connectivity index (χ4v) is 8.28. The Labute approximate surface area is 220 Å². The summed E-state index contributed by atoms with van der Waals surface area (Å²) in [4.78, 5) is 10.6. The molecule has 0 spiro atoms. The Morgan fingerprint density at radius 2 is 1.35 bits per heavy atom. The maximum absolute atomic E-state index is 15.5. The van der Waals surface area contributed by atoms with E-state index in [0.717, 1.165) is 34.5 Å². The van der Waals surface area contributed by atoms with Gasteiger partial charge in [0.05, 0.1) is 18.4 Å². The third kappa shape index (κ3) is 3.71. The molecule has 5 heteroatoms. The highest BCUT2D eigenvalue weighted by atomic mass is 19.1. The second-order valence-corrected chi connectivity index (χ2v) is 12.9. The van der Waals surface area contributed by atoms with Gasteiger partial charge in [0.15, 0.2) is 19.1 Å². The molecule has 9 rings (SSSR count). The minimum absolute atomic E-state index is 0.181. The monoisotopic (exact) mass is 499 g/mol. The van der Waals surface area contributed by atoms with Crippen LogP contribution in [0.3, 0.4) is 0 Å². The number of fused-ring (bicyclic) bond motifs is 6. The van der Waals surface area contributed by atoms with Crippen LogP contribution in [-0.2, 0) is 24.9 Å². The number of aromatic nitrogens is 4. The molecule has 6 fully saturated rings. The summed E-state index contributed by atoms with van der Waals surface area (Å²) in [6.07, 6.45) is 17.5. The number of halogens is 1. The van der Waals surface area contributed by atoms with Gasteiger partial charge in [-0.25, -0.2) is 14.4 Å². The molecular formula is C32H40FN4+. The summed E-state index contributed by atoms with van der Waals surface area (Å²) in [6.45, 7) is 1.88. The van der Waals surface area contributed by atoms with E-state index in [1.165, 1.54) is 88.4 Å². The number of rotatable bonds is 4. The van der Waals surface area contributed by atoms with E-state index in [4.69, 9.17) is 9.97 Å². The molecule has 0 amide bonds. The highest BCUT2D eigenvalue weighted by molar-refractivity contribution is 5.71. The predicted molar refractivity (Wildman–Crippen MR) is 143 cm³/mol. The van der Waals surface area contributed by atoms with E-state index in [9.17, 15) is 0 Å². The SMILES string of the molecule is Cc1c(F)cc(-c2nc(C34CCC(CC3)CC4)cc(C34CCC(CC3)CC4)n2)cc1-c1cc[n+](C)n1C. The van der Waals surface area contributed by atoms with E-state index in [1.54, 1.807) is 6.07 Å². The second-order valence-electron chi connectivity index (χ2n) is 12.9. The Morgan fingerprint density at radius 1 is 0.838 bits per heavy atom. The van der Waals surface area contributed by atoms with Crippen molar-refractivity contribution in [3.05, 3.63) is 53.2 Å². The summed E-state index contributed by atoms with van der Waals surface area (Å²) in [6, 6.07) is 8.29. The van der Waals surface area contributed by atoms with Crippen LogP contribution in [0.25, 0.3) is 22.6 Å². The van der Waals surface area contributed by atoms with Crippen molar-refractivity contribution in [2.24, 2.45) is 25.9 Å². The number of hydrogen-bond donors (Lipinski definition) is 0. The maximum Gasteiger partial charge on any atom is 0.196 e. The lowest BCUT2D eigenvalue weighted by Crippen LogP contribution is -2.41. The fraction of sp³-hybridized carbons (Fsp3) is 0.594. The molecule has 4 nitrogen and oxygen atoms in total. The number of benzene rings is 1. The van der Waals surface area contributed by atoms with E-state index < -0.39 is 0 Å². The molecule has 3 aromatic rings. The number of aryl methyl sites for hydroxylation is 1. The van der Waals surface area contributed by atoms with E-state index >= 15 is 4.39 Å². The minimum Gasteiger partial charge on any atom is -0.232 e. The minimum atomic E-state index is -0.181. The summed E-state index contributed by atoms with van der Waals surface area (Å²) >= 11 is 0. The lowest BCUT2D eigenvalue weighted by molar-refractivity contribution is -0.750. The van der Waals surface area contributed by atoms with Crippen molar-refractivity contribution in [1.29, 1.82) is 0 Å². The number of hydrogen-bond acceptors (Lipinski definition) is 2. The molecule has 2 heterocycles. The Hall–Kier alpha value is -2.56. The molecule has 194 valence electrons. The highest BCUT2D eigenvalue weighted by Gasteiger charge is 2.46. The third-order valence-corrected chi connectivity index (χ3v) is 11.1. The highest BCUT2D eigenvalue weighted by Crippen LogP contribution is 2.54. The zero-order valence-corrected chi connectivity index (χ0v) is 22.7. The number of nitrogens with zero attached hydrogens (tertiary/aromatic N) is 4. The van der Waals surface area contributed by atoms with Crippen molar-refractivity contribution in [2.75, 3.05) is 0 Å². The second kappa shape index (κ2) is 8.47. The van der Waals surface area contributed by atoms with Gasteiger partial charge in [0, 0.05) is 28.0 Å². The van der Waals surface area contributed by atoms with Gasteiger partial charge in [0.1, 0.15) is 11.5 Å². The van der Waals surface area contributed by atoms with Crippen molar-refractivity contribution < 1.29 is 9.07 Å². The molecule has 37 heavy (non-hydrogen) atoms. The first-order chi connectivity index (χ1) is 17.9. The Balaban J connectivity index is 1.40. The molecule has 0 aliphatic heterocycles. The summed E-state index contributed by atoms with van der Waals surface area (Å²) < 4.78 is 19.6. The van der Waals surface area contributed by atoms with Crippen molar-refractivity contribution >= 4 is 0 Å². The van der Waals surface area contributed by atoms with Gasteiger partial charge in [0.2, 0.25) is 0 Å². The van der Waals surface area contributed by atoms with Crippen LogP contribution in [0.2, 0.25) is 0 Å². The van der Waals surface area contributed by atoms with E-state index in [0.29, 0.717) is 5.56 Å². The summed E-state index contributed by atoms with van der Waals surface area (Å²) in [5.74, 6) is 2.38. The van der Waals surface area contributed by atoms with Crippen LogP contribution in [0.5, 0.6) is 0 Å². The summed E-state index contributed by atoms with van der Waals surface area (Å²) in [5.41, 5.74) is 6.28. The Kier molecular flexibility index (Phi) is 5.39. The molecule has 0 atom stereocenters. The molecule has 0 N–H and O–H groups in total. The smallest absolute Gasteiger partial charge is 0.196 e. The van der Waals surface area contributed by atoms with Crippen LogP contribution >= 0.6 is 0 Å². The average Bonchev–Trinajstić information content (AvgIpc) is 3.29. The van der Waals surface area contributed by atoms with Crippen LogP contribution < -0.4 is 4.68 Å². The van der Waals surface area contributed by atoms with Gasteiger partial charge in [-0.3, -0.25) is 0 Å². The molecule has 4 bridgehead atoms. The lowest BCUT2D eigenvalue weighted by Gasteiger charge is -2.48. The molecule has 0 radical (unpaired) electrons. The zero-order valence-electron chi connectivity index (χ0n) is 22.7. The van der Waals surface area contributed by atoms with Crippen LogP contribution in [0.15, 0.2) is 30.5 Å². The van der Waals surface area contributed by atoms with Crippen molar-refractivity contribution in [3.63, 3.8) is 0 Å². The topological polar surface area (TPSA) is 34.6 Å². The first-order valence-corrected chi connectivity index (χ1v) is 14.6. The standard InChI is InChI=1S/C32H40FN4/c1-21-25(27-10-17-36(2)37(27)3)18-24(19-26(21)33)30-34-28(31-11-4-22(5-12-31)6-13-31)20-29(35-30)32-14-7-23(8-15-32)9-16-32/h10,17-20,22-23H,4-9,11-16H2,1-3H3/q+1.